The number of amides is 1. The van der Waals surface area contributed by atoms with E-state index in [1.807, 2.05) is 19.2 Å². The standard InChI is InChI=1S/C24H31FN4O/c1-3-29-14-18-11-12-26-23(21(18)15-29)27-16(2)17-9-10-20(22(25)13-17)24(30)28-19-7-5-4-6-8-19/h9-13,16,19H,3-8,14-15H2,1-2H3,(H,26,27)(H,28,30)/t16-/m0/s1. The van der Waals surface area contributed by atoms with Gasteiger partial charge in [0.15, 0.2) is 0 Å². The number of nitrogens with one attached hydrogen (secondary N) is 2. The molecular weight excluding hydrogens is 379 g/mol. The largest absolute Gasteiger partial charge is 0.363 e. The molecule has 2 heterocycles. The average molecular weight is 411 g/mol. The third-order valence-electron chi connectivity index (χ3n) is 6.41. The second kappa shape index (κ2) is 9.13. The van der Waals surface area contributed by atoms with Crippen LogP contribution in [0.1, 0.15) is 79.0 Å². The fourth-order valence-corrected chi connectivity index (χ4v) is 4.51. The van der Waals surface area contributed by atoms with Crippen LogP contribution >= 0.6 is 0 Å². The summed E-state index contributed by atoms with van der Waals surface area (Å²) in [4.78, 5) is 19.4. The third-order valence-corrected chi connectivity index (χ3v) is 6.41. The molecule has 5 nitrogen and oxygen atoms in total. The van der Waals surface area contributed by atoms with Crippen molar-refractivity contribution in [2.45, 2.75) is 71.1 Å². The van der Waals surface area contributed by atoms with E-state index in [1.165, 1.54) is 23.6 Å². The first-order valence-electron chi connectivity index (χ1n) is 11.1. The maximum atomic E-state index is 14.8. The molecule has 30 heavy (non-hydrogen) atoms. The molecule has 1 saturated carbocycles. The van der Waals surface area contributed by atoms with Crippen LogP contribution < -0.4 is 10.6 Å². The predicted octanol–water partition coefficient (Wildman–Crippen LogP) is 4.79. The van der Waals surface area contributed by atoms with Crippen LogP contribution in [0.4, 0.5) is 10.2 Å². The number of hydrogen-bond acceptors (Lipinski definition) is 4. The maximum absolute atomic E-state index is 14.8. The Morgan fingerprint density at radius 3 is 2.77 bits per heavy atom. The van der Waals surface area contributed by atoms with Crippen molar-refractivity contribution in [2.24, 2.45) is 0 Å². The Labute approximate surface area is 178 Å². The van der Waals surface area contributed by atoms with Crippen molar-refractivity contribution < 1.29 is 9.18 Å². The smallest absolute Gasteiger partial charge is 0.254 e. The van der Waals surface area contributed by atoms with Gasteiger partial charge in [-0.25, -0.2) is 9.37 Å². The van der Waals surface area contributed by atoms with Crippen molar-refractivity contribution in [1.82, 2.24) is 15.2 Å². The number of carbonyl (C=O) groups is 1. The van der Waals surface area contributed by atoms with Gasteiger partial charge < -0.3 is 10.6 Å². The van der Waals surface area contributed by atoms with Gasteiger partial charge in [-0.2, -0.15) is 0 Å². The van der Waals surface area contributed by atoms with Crippen molar-refractivity contribution >= 4 is 11.7 Å². The topological polar surface area (TPSA) is 57.3 Å². The molecule has 160 valence electrons. The number of halogens is 1. The number of nitrogens with zero attached hydrogens (tertiary/aromatic N) is 2. The molecule has 4 rings (SSSR count). The van der Waals surface area contributed by atoms with E-state index < -0.39 is 5.82 Å². The van der Waals surface area contributed by atoms with Gasteiger partial charge in [-0.3, -0.25) is 9.69 Å². The number of carbonyl (C=O) groups excluding carboxylic acids is 1. The van der Waals surface area contributed by atoms with Crippen molar-refractivity contribution in [3.8, 4) is 0 Å². The summed E-state index contributed by atoms with van der Waals surface area (Å²) in [6.07, 6.45) is 7.26. The van der Waals surface area contributed by atoms with Crippen LogP contribution in [0.25, 0.3) is 0 Å². The molecule has 6 heteroatoms. The zero-order valence-electron chi connectivity index (χ0n) is 17.9. The molecule has 1 aliphatic carbocycles. The van der Waals surface area contributed by atoms with E-state index in [0.717, 1.165) is 56.7 Å². The lowest BCUT2D eigenvalue weighted by Gasteiger charge is -2.23. The minimum atomic E-state index is -0.474. The second-order valence-corrected chi connectivity index (χ2v) is 8.51. The van der Waals surface area contributed by atoms with E-state index in [9.17, 15) is 9.18 Å². The molecule has 1 aliphatic heterocycles. The maximum Gasteiger partial charge on any atom is 0.254 e. The molecule has 0 bridgehead atoms. The summed E-state index contributed by atoms with van der Waals surface area (Å²) in [5, 5.41) is 6.43. The molecule has 2 N–H and O–H groups in total. The van der Waals surface area contributed by atoms with E-state index in [1.54, 1.807) is 6.07 Å². The second-order valence-electron chi connectivity index (χ2n) is 8.51. The van der Waals surface area contributed by atoms with Crippen molar-refractivity contribution in [1.29, 1.82) is 0 Å². The first-order chi connectivity index (χ1) is 14.5. The van der Waals surface area contributed by atoms with E-state index in [4.69, 9.17) is 0 Å². The molecule has 0 spiro atoms. The summed E-state index contributed by atoms with van der Waals surface area (Å²) in [6, 6.07) is 7.01. The first-order valence-corrected chi connectivity index (χ1v) is 11.1. The van der Waals surface area contributed by atoms with Gasteiger partial charge in [0, 0.05) is 30.9 Å². The predicted molar refractivity (Wildman–Crippen MR) is 117 cm³/mol. The number of aromatic nitrogens is 1. The highest BCUT2D eigenvalue weighted by Gasteiger charge is 2.23. The van der Waals surface area contributed by atoms with Gasteiger partial charge >= 0.3 is 0 Å². The fraction of sp³-hybridized carbons (Fsp3) is 0.500. The first kappa shape index (κ1) is 20.8. The van der Waals surface area contributed by atoms with E-state index >= 15 is 0 Å². The van der Waals surface area contributed by atoms with Gasteiger partial charge in [0.05, 0.1) is 11.6 Å². The van der Waals surface area contributed by atoms with Gasteiger partial charge in [0.1, 0.15) is 11.6 Å². The zero-order chi connectivity index (χ0) is 21.1. The van der Waals surface area contributed by atoms with Crippen LogP contribution in [-0.4, -0.2) is 28.4 Å². The number of fused-ring (bicyclic) bond motifs is 1. The molecule has 0 radical (unpaired) electrons. The molecule has 1 aromatic heterocycles. The normalized spacial score (nSPS) is 18.1. The lowest BCUT2D eigenvalue weighted by Crippen LogP contribution is -2.36. The summed E-state index contributed by atoms with van der Waals surface area (Å²) in [5.41, 5.74) is 3.43. The summed E-state index contributed by atoms with van der Waals surface area (Å²) in [5.74, 6) is 0.0714. The Balaban J connectivity index is 1.44. The SMILES string of the molecule is CCN1Cc2ccnc(N[C@@H](C)c3ccc(C(=O)NC4CCCCC4)c(F)c3)c2C1. The molecule has 2 aliphatic rings. The highest BCUT2D eigenvalue weighted by Crippen LogP contribution is 2.30. The summed E-state index contributed by atoms with van der Waals surface area (Å²) < 4.78 is 14.8. The summed E-state index contributed by atoms with van der Waals surface area (Å²) in [6.45, 7) is 6.97. The highest BCUT2D eigenvalue weighted by atomic mass is 19.1. The lowest BCUT2D eigenvalue weighted by atomic mass is 9.95. The van der Waals surface area contributed by atoms with Crippen LogP contribution in [0.2, 0.25) is 0 Å². The van der Waals surface area contributed by atoms with Crippen LogP contribution in [-0.2, 0) is 13.1 Å². The van der Waals surface area contributed by atoms with E-state index in [2.05, 4.69) is 33.5 Å². The molecule has 0 unspecified atom stereocenters. The Bertz CT molecular complexity index is 910. The molecule has 1 atom stereocenters. The zero-order valence-corrected chi connectivity index (χ0v) is 17.9. The molecule has 2 aromatic rings. The quantitative estimate of drug-likeness (QED) is 0.719. The van der Waals surface area contributed by atoms with Crippen molar-refractivity contribution in [3.63, 3.8) is 0 Å². The van der Waals surface area contributed by atoms with Gasteiger partial charge in [0.2, 0.25) is 0 Å². The van der Waals surface area contributed by atoms with E-state index in [0.29, 0.717) is 0 Å². The molecule has 1 aromatic carbocycles. The van der Waals surface area contributed by atoms with Gasteiger partial charge in [-0.05, 0) is 55.6 Å². The molecular formula is C24H31FN4O. The van der Waals surface area contributed by atoms with Gasteiger partial charge in [0.25, 0.3) is 5.91 Å². The van der Waals surface area contributed by atoms with Crippen LogP contribution in [0, 0.1) is 5.82 Å². The molecule has 1 amide bonds. The molecule has 0 saturated heterocycles. The number of hydrogen-bond donors (Lipinski definition) is 2. The minimum absolute atomic E-state index is 0.119. The Morgan fingerprint density at radius 1 is 1.23 bits per heavy atom. The van der Waals surface area contributed by atoms with Crippen LogP contribution in [0.3, 0.4) is 0 Å². The fourth-order valence-electron chi connectivity index (χ4n) is 4.51. The Hall–Kier alpha value is -2.47. The van der Waals surface area contributed by atoms with Gasteiger partial charge in [-0.15, -0.1) is 0 Å². The monoisotopic (exact) mass is 410 g/mol. The molecule has 1 fully saturated rings. The van der Waals surface area contributed by atoms with Crippen LogP contribution in [0.15, 0.2) is 30.5 Å². The van der Waals surface area contributed by atoms with E-state index in [-0.39, 0.29) is 23.6 Å². The number of benzene rings is 1. The van der Waals surface area contributed by atoms with Crippen LogP contribution in [0.5, 0.6) is 0 Å². The van der Waals surface area contributed by atoms with Crippen molar-refractivity contribution in [2.75, 3.05) is 11.9 Å². The lowest BCUT2D eigenvalue weighted by molar-refractivity contribution is 0.0923. The summed E-state index contributed by atoms with van der Waals surface area (Å²) in [7, 11) is 0. The van der Waals surface area contributed by atoms with Gasteiger partial charge in [-0.1, -0.05) is 32.3 Å². The Morgan fingerprint density at radius 2 is 2.03 bits per heavy atom. The number of anilines is 1. The average Bonchev–Trinajstić information content (AvgIpc) is 3.19. The third kappa shape index (κ3) is 4.48. The number of pyridine rings is 1. The summed E-state index contributed by atoms with van der Waals surface area (Å²) >= 11 is 0. The highest BCUT2D eigenvalue weighted by molar-refractivity contribution is 5.94. The minimum Gasteiger partial charge on any atom is -0.363 e. The Kier molecular flexibility index (Phi) is 6.32. The van der Waals surface area contributed by atoms with Crippen molar-refractivity contribution in [3.05, 3.63) is 58.5 Å². The number of rotatable bonds is 6.